The molecule has 0 bridgehead atoms. The molecule has 0 amide bonds. The number of alkyl halides is 3. The number of nitrogens with zero attached hydrogens (tertiary/aromatic N) is 2. The lowest BCUT2D eigenvalue weighted by atomic mass is 10.2. The van der Waals surface area contributed by atoms with Crippen LogP contribution >= 0.6 is 23.2 Å². The Morgan fingerprint density at radius 3 is 2.12 bits per heavy atom. The van der Waals surface area contributed by atoms with E-state index in [1.807, 2.05) is 0 Å². The van der Waals surface area contributed by atoms with Gasteiger partial charge in [0.15, 0.2) is 0 Å². The molecule has 0 saturated heterocycles. The molecule has 94 valence electrons. The lowest BCUT2D eigenvalue weighted by molar-refractivity contribution is -0.137. The van der Waals surface area contributed by atoms with Crippen LogP contribution in [0.1, 0.15) is 5.56 Å². The Morgan fingerprint density at radius 2 is 1.71 bits per heavy atom. The number of nitrogens with two attached hydrogens (primary N) is 1. The maximum Gasteiger partial charge on any atom is 0.416 e. The molecule has 3 nitrogen and oxygen atoms in total. The third-order valence-corrected chi connectivity index (χ3v) is 2.32. The van der Waals surface area contributed by atoms with Gasteiger partial charge in [0, 0.05) is 6.54 Å². The molecule has 0 spiro atoms. The highest BCUT2D eigenvalue weighted by atomic mass is 35.5. The van der Waals surface area contributed by atoms with E-state index in [1.54, 1.807) is 0 Å². The van der Waals surface area contributed by atoms with E-state index >= 15 is 0 Å². The second kappa shape index (κ2) is 5.66. The highest BCUT2D eigenvalue weighted by Crippen LogP contribution is 2.39. The van der Waals surface area contributed by atoms with Crippen LogP contribution in [0.15, 0.2) is 22.4 Å². The summed E-state index contributed by atoms with van der Waals surface area (Å²) in [4.78, 5) is 0. The number of hydrogen-bond acceptors (Lipinski definition) is 3. The molecule has 0 fully saturated rings. The molecule has 0 aromatic heterocycles. The summed E-state index contributed by atoms with van der Waals surface area (Å²) in [5.41, 5.74) is 4.26. The molecule has 1 rings (SSSR count). The van der Waals surface area contributed by atoms with Gasteiger partial charge >= 0.3 is 6.18 Å². The SMILES string of the molecule is NCCN=Nc1c(Cl)cc(C(F)(F)F)cc1Cl. The third kappa shape index (κ3) is 3.83. The van der Waals surface area contributed by atoms with Crippen molar-refractivity contribution in [3.8, 4) is 0 Å². The second-order valence-electron chi connectivity index (χ2n) is 3.04. The van der Waals surface area contributed by atoms with E-state index in [-0.39, 0.29) is 28.8 Å². The van der Waals surface area contributed by atoms with Crippen LogP contribution in [0.2, 0.25) is 10.0 Å². The van der Waals surface area contributed by atoms with Crippen LogP contribution in [0.4, 0.5) is 18.9 Å². The molecule has 1 aromatic carbocycles. The summed E-state index contributed by atoms with van der Waals surface area (Å²) >= 11 is 11.3. The molecular formula is C9H8Cl2F3N3. The van der Waals surface area contributed by atoms with Gasteiger partial charge in [0.2, 0.25) is 0 Å². The molecule has 0 atom stereocenters. The first-order valence-corrected chi connectivity index (χ1v) is 5.25. The predicted molar refractivity (Wildman–Crippen MR) is 59.9 cm³/mol. The molecule has 0 unspecified atom stereocenters. The highest BCUT2D eigenvalue weighted by Gasteiger charge is 2.32. The van der Waals surface area contributed by atoms with Gasteiger partial charge < -0.3 is 5.73 Å². The zero-order chi connectivity index (χ0) is 13.1. The van der Waals surface area contributed by atoms with Crippen LogP contribution in [0.3, 0.4) is 0 Å². The molecule has 17 heavy (non-hydrogen) atoms. The average molecular weight is 286 g/mol. The Hall–Kier alpha value is -0.850. The van der Waals surface area contributed by atoms with Gasteiger partial charge in [-0.05, 0) is 12.1 Å². The molecule has 0 aliphatic rings. The Morgan fingerprint density at radius 1 is 1.18 bits per heavy atom. The summed E-state index contributed by atoms with van der Waals surface area (Å²) in [6, 6.07) is 1.51. The van der Waals surface area contributed by atoms with E-state index in [0.717, 1.165) is 12.1 Å². The standard InChI is InChI=1S/C9H8Cl2F3N3/c10-6-3-5(9(12,13)14)4-7(11)8(6)17-16-2-1-15/h3-4H,1-2,15H2. The first kappa shape index (κ1) is 14.2. The molecule has 2 N–H and O–H groups in total. The maximum atomic E-state index is 12.4. The lowest BCUT2D eigenvalue weighted by Gasteiger charge is -2.09. The minimum atomic E-state index is -4.50. The molecule has 8 heteroatoms. The van der Waals surface area contributed by atoms with Crippen LogP contribution in [-0.2, 0) is 6.18 Å². The number of rotatable bonds is 3. The fourth-order valence-electron chi connectivity index (χ4n) is 1.00. The fourth-order valence-corrected chi connectivity index (χ4v) is 1.57. The summed E-state index contributed by atoms with van der Waals surface area (Å²) in [7, 11) is 0. The van der Waals surface area contributed by atoms with Gasteiger partial charge in [-0.1, -0.05) is 23.2 Å². The van der Waals surface area contributed by atoms with Crippen molar-refractivity contribution >= 4 is 28.9 Å². The first-order chi connectivity index (χ1) is 7.86. The number of halogens is 5. The lowest BCUT2D eigenvalue weighted by Crippen LogP contribution is -2.04. The second-order valence-corrected chi connectivity index (χ2v) is 3.85. The number of benzene rings is 1. The number of azo groups is 1. The van der Waals surface area contributed by atoms with Crippen molar-refractivity contribution < 1.29 is 13.2 Å². The van der Waals surface area contributed by atoms with E-state index in [2.05, 4.69) is 10.2 Å². The van der Waals surface area contributed by atoms with Gasteiger partial charge in [0.1, 0.15) is 5.69 Å². The monoisotopic (exact) mass is 285 g/mol. The Kier molecular flexibility index (Phi) is 4.73. The smallest absolute Gasteiger partial charge is 0.329 e. The average Bonchev–Trinajstić information content (AvgIpc) is 2.20. The van der Waals surface area contributed by atoms with Crippen molar-refractivity contribution in [2.75, 3.05) is 13.1 Å². The summed E-state index contributed by atoms with van der Waals surface area (Å²) in [6.45, 7) is 0.521. The van der Waals surface area contributed by atoms with Crippen molar-refractivity contribution in [2.45, 2.75) is 6.18 Å². The molecule has 0 aliphatic heterocycles. The first-order valence-electron chi connectivity index (χ1n) is 4.50. The van der Waals surface area contributed by atoms with E-state index in [4.69, 9.17) is 28.9 Å². The van der Waals surface area contributed by atoms with E-state index in [1.165, 1.54) is 0 Å². The fraction of sp³-hybridized carbons (Fsp3) is 0.333. The molecule has 0 aliphatic carbocycles. The summed E-state index contributed by atoms with van der Waals surface area (Å²) in [6.07, 6.45) is -4.50. The van der Waals surface area contributed by atoms with Gasteiger partial charge in [-0.25, -0.2) is 0 Å². The molecule has 0 radical (unpaired) electrons. The van der Waals surface area contributed by atoms with Gasteiger partial charge in [-0.2, -0.15) is 23.4 Å². The number of hydrogen-bond donors (Lipinski definition) is 1. The minimum absolute atomic E-state index is 0.00906. The highest BCUT2D eigenvalue weighted by molar-refractivity contribution is 6.38. The Balaban J connectivity index is 3.11. The van der Waals surface area contributed by atoms with Gasteiger partial charge in [-0.3, -0.25) is 0 Å². The van der Waals surface area contributed by atoms with Gasteiger partial charge in [0.05, 0.1) is 22.2 Å². The molecular weight excluding hydrogens is 278 g/mol. The summed E-state index contributed by atoms with van der Waals surface area (Å²) in [5.74, 6) is 0. The van der Waals surface area contributed by atoms with Crippen molar-refractivity contribution in [3.63, 3.8) is 0 Å². The third-order valence-electron chi connectivity index (χ3n) is 1.74. The van der Waals surface area contributed by atoms with Crippen LogP contribution in [0.5, 0.6) is 0 Å². The van der Waals surface area contributed by atoms with Crippen LogP contribution in [-0.4, -0.2) is 13.1 Å². The van der Waals surface area contributed by atoms with E-state index in [9.17, 15) is 13.2 Å². The Labute approximate surface area is 105 Å². The van der Waals surface area contributed by atoms with Crippen LogP contribution < -0.4 is 5.73 Å². The van der Waals surface area contributed by atoms with Crippen molar-refractivity contribution in [1.82, 2.24) is 0 Å². The normalized spacial score (nSPS) is 12.4. The van der Waals surface area contributed by atoms with E-state index in [0.29, 0.717) is 0 Å². The van der Waals surface area contributed by atoms with Gasteiger partial charge in [-0.15, -0.1) is 0 Å². The molecule has 1 aromatic rings. The van der Waals surface area contributed by atoms with E-state index < -0.39 is 11.7 Å². The zero-order valence-corrected chi connectivity index (χ0v) is 9.94. The topological polar surface area (TPSA) is 50.7 Å². The summed E-state index contributed by atoms with van der Waals surface area (Å²) < 4.78 is 37.2. The Bertz CT molecular complexity index is 409. The van der Waals surface area contributed by atoms with Crippen molar-refractivity contribution in [3.05, 3.63) is 27.7 Å². The van der Waals surface area contributed by atoms with Crippen LogP contribution in [0.25, 0.3) is 0 Å². The predicted octanol–water partition coefficient (Wildman–Crippen LogP) is 4.05. The quantitative estimate of drug-likeness (QED) is 0.837. The van der Waals surface area contributed by atoms with Gasteiger partial charge in [0.25, 0.3) is 0 Å². The molecule has 0 heterocycles. The van der Waals surface area contributed by atoms with Crippen molar-refractivity contribution in [1.29, 1.82) is 0 Å². The largest absolute Gasteiger partial charge is 0.416 e. The zero-order valence-electron chi connectivity index (χ0n) is 8.43. The molecule has 0 saturated carbocycles. The maximum absolute atomic E-state index is 12.4. The minimum Gasteiger partial charge on any atom is -0.329 e. The van der Waals surface area contributed by atoms with Crippen LogP contribution in [0, 0.1) is 0 Å². The summed E-state index contributed by atoms with van der Waals surface area (Å²) in [5, 5.41) is 6.85. The van der Waals surface area contributed by atoms with Crippen molar-refractivity contribution in [2.24, 2.45) is 16.0 Å².